The average molecular weight is 1050 g/mol. The predicted octanol–water partition coefficient (Wildman–Crippen LogP) is 8.64. The quantitative estimate of drug-likeness (QED) is 0.0139. The zero-order chi connectivity index (χ0) is 52.5. The van der Waals surface area contributed by atoms with Gasteiger partial charge in [-0.15, -0.1) is 0 Å². The van der Waals surface area contributed by atoms with Gasteiger partial charge >= 0.3 is 33.3 Å². The van der Waals surface area contributed by atoms with Gasteiger partial charge < -0.3 is 50.2 Å². The molecule has 8 N–H and O–H groups in total. The number of anilines is 1. The van der Waals surface area contributed by atoms with E-state index in [-0.39, 0.29) is 18.7 Å². The number of hydrogen-bond acceptors (Lipinski definition) is 17. The maximum atomic E-state index is 12.9. The van der Waals surface area contributed by atoms with Crippen LogP contribution in [0.2, 0.25) is 0 Å². The van der Waals surface area contributed by atoms with Gasteiger partial charge in [0.1, 0.15) is 30.7 Å². The fourth-order valence-corrected chi connectivity index (χ4v) is 10.1. The van der Waals surface area contributed by atoms with E-state index in [0.29, 0.717) is 38.5 Å². The van der Waals surface area contributed by atoms with Crippen LogP contribution in [0.1, 0.15) is 200 Å². The van der Waals surface area contributed by atoms with Crippen LogP contribution in [0.3, 0.4) is 0 Å². The molecule has 2 unspecified atom stereocenters. The van der Waals surface area contributed by atoms with Crippen LogP contribution < -0.4 is 11.4 Å². The molecule has 0 aliphatic carbocycles. The molecule has 1 aliphatic heterocycles. The van der Waals surface area contributed by atoms with Crippen LogP contribution in [0.15, 0.2) is 29.2 Å². The minimum atomic E-state index is -5.45. The highest BCUT2D eigenvalue weighted by Gasteiger charge is 2.46. The Balaban J connectivity index is 1.82. The Morgan fingerprint density at radius 3 is 1.87 bits per heavy atom. The lowest BCUT2D eigenvalue weighted by molar-refractivity contribution is -0.161. The number of phosphoric acid groups is 2. The Morgan fingerprint density at radius 2 is 1.30 bits per heavy atom. The summed E-state index contributed by atoms with van der Waals surface area (Å²) in [5.41, 5.74) is 4.57. The second-order valence-electron chi connectivity index (χ2n) is 19.2. The molecule has 412 valence electrons. The summed E-state index contributed by atoms with van der Waals surface area (Å²) in [5.74, 6) is -0.627. The lowest BCUT2D eigenvalue weighted by atomic mass is 10.0. The van der Waals surface area contributed by atoms with Crippen LogP contribution >= 0.6 is 15.6 Å². The predicted molar refractivity (Wildman–Crippen MR) is 269 cm³/mol. The van der Waals surface area contributed by atoms with Crippen molar-refractivity contribution in [2.24, 2.45) is 5.92 Å². The number of nitrogens with two attached hydrogens (primary N) is 1. The SMILES string of the molecule is CCCCC/C=C\C[C@H](O)[C@@H](O)CCCCCCCC(=O)O[C@H](COC(=O)CCCCCCCCCCCCCCCC(C)C)COP(=O)(O)OP(=O)(O)OC[C@H]1O[C@@H](n2ccc(N)nc2=O)[C@H](O)[C@@H]1O. The Morgan fingerprint density at radius 1 is 0.746 bits per heavy atom. The molecule has 1 saturated heterocycles. The van der Waals surface area contributed by atoms with Crippen molar-refractivity contribution in [2.75, 3.05) is 25.6 Å². The van der Waals surface area contributed by atoms with Gasteiger partial charge in [-0.3, -0.25) is 23.2 Å². The lowest BCUT2D eigenvalue weighted by Crippen LogP contribution is -2.36. The van der Waals surface area contributed by atoms with Gasteiger partial charge in [-0.2, -0.15) is 9.29 Å². The molecule has 0 spiro atoms. The molecule has 1 fully saturated rings. The van der Waals surface area contributed by atoms with Gasteiger partial charge in [0.2, 0.25) is 0 Å². The number of unbranched alkanes of at least 4 members (excludes halogenated alkanes) is 19. The molecule has 0 radical (unpaired) electrons. The largest absolute Gasteiger partial charge is 0.481 e. The van der Waals surface area contributed by atoms with Gasteiger partial charge in [-0.05, 0) is 50.5 Å². The molecule has 1 aliphatic rings. The van der Waals surface area contributed by atoms with E-state index >= 15 is 0 Å². The van der Waals surface area contributed by atoms with Crippen LogP contribution in [-0.2, 0) is 46.3 Å². The molecule has 2 rings (SSSR count). The number of aromatic nitrogens is 2. The molecular formula is C49H89N3O17P2. The first-order chi connectivity index (χ1) is 33.8. The molecule has 1 aromatic rings. The molecular weight excluding hydrogens is 964 g/mol. The highest BCUT2D eigenvalue weighted by molar-refractivity contribution is 7.61. The number of ether oxygens (including phenoxy) is 3. The van der Waals surface area contributed by atoms with E-state index in [1.165, 1.54) is 63.9 Å². The molecule has 20 nitrogen and oxygen atoms in total. The van der Waals surface area contributed by atoms with Crippen LogP contribution in [0.4, 0.5) is 5.82 Å². The first-order valence-corrected chi connectivity index (χ1v) is 29.2. The van der Waals surface area contributed by atoms with E-state index in [9.17, 15) is 53.7 Å². The maximum Gasteiger partial charge on any atom is 0.481 e. The lowest BCUT2D eigenvalue weighted by Gasteiger charge is -2.21. The van der Waals surface area contributed by atoms with E-state index in [1.807, 2.05) is 12.2 Å². The van der Waals surface area contributed by atoms with Crippen LogP contribution in [0, 0.1) is 5.92 Å². The number of aliphatic hydroxyl groups excluding tert-OH is 4. The van der Waals surface area contributed by atoms with E-state index in [1.54, 1.807) is 0 Å². The summed E-state index contributed by atoms with van der Waals surface area (Å²) in [7, 11) is -10.9. The van der Waals surface area contributed by atoms with Gasteiger partial charge in [0.25, 0.3) is 0 Å². The Bertz CT molecular complexity index is 1790. The molecule has 1 aromatic heterocycles. The minimum absolute atomic E-state index is 0.0456. The second-order valence-corrected chi connectivity index (χ2v) is 22.2. The number of hydrogen-bond donors (Lipinski definition) is 7. The van der Waals surface area contributed by atoms with Gasteiger partial charge in [0, 0.05) is 19.0 Å². The normalized spacial score (nSPS) is 20.2. The molecule has 0 bridgehead atoms. The number of allylic oxidation sites excluding steroid dienone is 1. The van der Waals surface area contributed by atoms with Gasteiger partial charge in [0.15, 0.2) is 12.3 Å². The third kappa shape index (κ3) is 30.4. The fourth-order valence-electron chi connectivity index (χ4n) is 7.99. The van der Waals surface area contributed by atoms with Crippen LogP contribution in [0.25, 0.3) is 0 Å². The Hall–Kier alpha value is -2.58. The highest BCUT2D eigenvalue weighted by atomic mass is 31.3. The molecule has 0 amide bonds. The third-order valence-electron chi connectivity index (χ3n) is 12.2. The molecule has 0 aromatic carbocycles. The van der Waals surface area contributed by atoms with Gasteiger partial charge in [-0.1, -0.05) is 155 Å². The first kappa shape index (κ1) is 64.5. The standard InChI is InChI=1S/C49H89N3O17P2/c1-4-5-6-7-19-24-29-40(53)41(54)30-25-20-17-22-27-32-45(56)67-39(35-64-44(55)31-26-21-16-14-12-10-8-9-11-13-15-18-23-28-38(2)3)36-65-70(60,61)69-71(62,63)66-37-42-46(57)47(58)48(68-42)52-34-33-43(50)51-49(52)59/h19,24,33-34,38-42,46-48,53-54,57-58H,4-18,20-23,25-32,35-37H2,1-3H3,(H,60,61)(H,62,63)(H2,50,51,59)/b24-19-/t39-,40+,41+,42-,46-,47-,48-/m1/s1. The summed E-state index contributed by atoms with van der Waals surface area (Å²) in [5, 5.41) is 41.5. The highest BCUT2D eigenvalue weighted by Crippen LogP contribution is 2.60. The number of esters is 2. The average Bonchev–Trinajstić information content (AvgIpc) is 3.59. The molecule has 71 heavy (non-hydrogen) atoms. The van der Waals surface area contributed by atoms with Gasteiger partial charge in [-0.25, -0.2) is 13.9 Å². The fraction of sp³-hybridized carbons (Fsp3) is 0.837. The Kier molecular flexibility index (Phi) is 33.8. The van der Waals surface area contributed by atoms with Crippen molar-refractivity contribution in [3.05, 3.63) is 34.9 Å². The zero-order valence-corrected chi connectivity index (χ0v) is 44.5. The van der Waals surface area contributed by atoms with Crippen LogP contribution in [0.5, 0.6) is 0 Å². The number of carbonyl (C=O) groups is 2. The van der Waals surface area contributed by atoms with Crippen molar-refractivity contribution in [1.29, 1.82) is 0 Å². The van der Waals surface area contributed by atoms with Gasteiger partial charge in [0.05, 0.1) is 25.4 Å². The van der Waals surface area contributed by atoms with Crippen molar-refractivity contribution < 1.29 is 76.5 Å². The van der Waals surface area contributed by atoms with E-state index in [2.05, 4.69) is 30.1 Å². The molecule has 2 heterocycles. The van der Waals surface area contributed by atoms with Crippen molar-refractivity contribution in [2.45, 2.75) is 237 Å². The summed E-state index contributed by atoms with van der Waals surface area (Å²) in [4.78, 5) is 62.0. The number of rotatable bonds is 43. The summed E-state index contributed by atoms with van der Waals surface area (Å²) in [6.07, 6.45) is 20.2. The third-order valence-corrected chi connectivity index (χ3v) is 14.8. The monoisotopic (exact) mass is 1050 g/mol. The molecule has 9 atom stereocenters. The van der Waals surface area contributed by atoms with E-state index in [4.69, 9.17) is 29.0 Å². The van der Waals surface area contributed by atoms with Crippen molar-refractivity contribution in [1.82, 2.24) is 9.55 Å². The molecule has 22 heteroatoms. The van der Waals surface area contributed by atoms with E-state index < -0.39 is 95.9 Å². The number of nitrogens with zero attached hydrogens (tertiary/aromatic N) is 2. The minimum Gasteiger partial charge on any atom is -0.462 e. The second kappa shape index (κ2) is 37.2. The number of phosphoric ester groups is 2. The Labute approximate surface area is 421 Å². The summed E-state index contributed by atoms with van der Waals surface area (Å²) in [6, 6.07) is 1.24. The number of aliphatic hydroxyl groups is 4. The number of nitrogen functional groups attached to an aromatic ring is 1. The molecule has 0 saturated carbocycles. The zero-order valence-electron chi connectivity index (χ0n) is 42.7. The first-order valence-electron chi connectivity index (χ1n) is 26.2. The smallest absolute Gasteiger partial charge is 0.462 e. The topological polar surface area (TPSA) is 306 Å². The van der Waals surface area contributed by atoms with E-state index in [0.717, 1.165) is 80.9 Å². The van der Waals surface area contributed by atoms with Crippen molar-refractivity contribution in [3.8, 4) is 0 Å². The van der Waals surface area contributed by atoms with Crippen molar-refractivity contribution in [3.63, 3.8) is 0 Å². The van der Waals surface area contributed by atoms with Crippen LogP contribution in [-0.4, -0.2) is 108 Å². The number of carbonyl (C=O) groups excluding carboxylic acids is 2. The summed E-state index contributed by atoms with van der Waals surface area (Å²) in [6.45, 7) is 4.27. The summed E-state index contributed by atoms with van der Waals surface area (Å²) < 4.78 is 56.7. The summed E-state index contributed by atoms with van der Waals surface area (Å²) >= 11 is 0. The maximum absolute atomic E-state index is 12.9. The van der Waals surface area contributed by atoms with Crippen molar-refractivity contribution >= 4 is 33.4 Å².